The Kier molecular flexibility index (Phi) is 9.31. The van der Waals surface area contributed by atoms with Crippen LogP contribution in [0, 0.1) is 17.2 Å². The Balaban J connectivity index is 2.15. The van der Waals surface area contributed by atoms with Gasteiger partial charge >= 0.3 is 0 Å². The average molecular weight is 421 g/mol. The lowest BCUT2D eigenvalue weighted by atomic mass is 9.92. The van der Waals surface area contributed by atoms with Gasteiger partial charge in [0.1, 0.15) is 6.07 Å². The van der Waals surface area contributed by atoms with Crippen LogP contribution in [0.15, 0.2) is 54.1 Å². The molecule has 31 heavy (non-hydrogen) atoms. The number of hydrogen-bond donors (Lipinski definition) is 1. The van der Waals surface area contributed by atoms with Gasteiger partial charge in [0.15, 0.2) is 23.9 Å². The molecule has 1 amide bonds. The molecule has 0 saturated carbocycles. The number of nitrogens with zero attached hydrogens (tertiary/aromatic N) is 1. The van der Waals surface area contributed by atoms with Crippen molar-refractivity contribution < 1.29 is 19.1 Å². The second-order valence-corrected chi connectivity index (χ2v) is 6.89. The standard InChI is InChI=1S/C25H28N2O4/c1-4-19(5-2)25(29)20(16-26)14-18-12-13-22(23(15-18)30-6-3)31-17-24(28)27-21-10-8-7-9-11-21/h7-15,19H,4-6,17H2,1-3H3,(H,27,28). The smallest absolute Gasteiger partial charge is 0.262 e. The van der Waals surface area contributed by atoms with Crippen LogP contribution in [0.5, 0.6) is 11.5 Å². The SMILES string of the molecule is CCOc1cc(C=C(C#N)C(=O)C(CC)CC)ccc1OCC(=O)Nc1ccccc1. The molecule has 0 fully saturated rings. The Morgan fingerprint density at radius 3 is 2.35 bits per heavy atom. The van der Waals surface area contributed by atoms with Crippen LogP contribution in [0.4, 0.5) is 5.69 Å². The number of ether oxygens (including phenoxy) is 2. The van der Waals surface area contributed by atoms with Crippen molar-refractivity contribution in [3.05, 3.63) is 59.7 Å². The Bertz CT molecular complexity index is 957. The van der Waals surface area contributed by atoms with E-state index < -0.39 is 0 Å². The highest BCUT2D eigenvalue weighted by Gasteiger charge is 2.19. The summed E-state index contributed by atoms with van der Waals surface area (Å²) in [5.41, 5.74) is 1.46. The van der Waals surface area contributed by atoms with Crippen molar-refractivity contribution in [3.8, 4) is 17.6 Å². The molecule has 2 rings (SSSR count). The van der Waals surface area contributed by atoms with Gasteiger partial charge in [0.25, 0.3) is 5.91 Å². The van der Waals surface area contributed by atoms with E-state index in [1.807, 2.05) is 45.0 Å². The quantitative estimate of drug-likeness (QED) is 0.407. The van der Waals surface area contributed by atoms with E-state index in [2.05, 4.69) is 5.32 Å². The van der Waals surface area contributed by atoms with Gasteiger partial charge in [0, 0.05) is 11.6 Å². The molecule has 0 atom stereocenters. The van der Waals surface area contributed by atoms with Gasteiger partial charge in [-0.15, -0.1) is 0 Å². The van der Waals surface area contributed by atoms with Crippen LogP contribution in [-0.4, -0.2) is 24.9 Å². The third kappa shape index (κ3) is 7.00. The van der Waals surface area contributed by atoms with Gasteiger partial charge in [-0.3, -0.25) is 9.59 Å². The van der Waals surface area contributed by atoms with Crippen LogP contribution in [0.2, 0.25) is 0 Å². The molecule has 0 aliphatic rings. The molecule has 0 unspecified atom stereocenters. The minimum Gasteiger partial charge on any atom is -0.490 e. The van der Waals surface area contributed by atoms with Crippen molar-refractivity contribution in [1.29, 1.82) is 5.26 Å². The first-order chi connectivity index (χ1) is 15.0. The maximum absolute atomic E-state index is 12.6. The minimum absolute atomic E-state index is 0.118. The van der Waals surface area contributed by atoms with E-state index in [9.17, 15) is 14.9 Å². The number of ketones is 1. The summed E-state index contributed by atoms with van der Waals surface area (Å²) >= 11 is 0. The van der Waals surface area contributed by atoms with E-state index >= 15 is 0 Å². The third-order valence-corrected chi connectivity index (χ3v) is 4.74. The Morgan fingerprint density at radius 2 is 1.74 bits per heavy atom. The molecule has 6 heteroatoms. The minimum atomic E-state index is -0.292. The van der Waals surface area contributed by atoms with Crippen molar-refractivity contribution in [2.45, 2.75) is 33.6 Å². The number of hydrogen-bond acceptors (Lipinski definition) is 5. The number of para-hydroxylation sites is 1. The highest BCUT2D eigenvalue weighted by Crippen LogP contribution is 2.30. The topological polar surface area (TPSA) is 88.4 Å². The van der Waals surface area contributed by atoms with Crippen LogP contribution >= 0.6 is 0 Å². The largest absolute Gasteiger partial charge is 0.490 e. The monoisotopic (exact) mass is 420 g/mol. The maximum Gasteiger partial charge on any atom is 0.262 e. The van der Waals surface area contributed by atoms with Gasteiger partial charge in [-0.05, 0) is 55.7 Å². The van der Waals surface area contributed by atoms with Crippen LogP contribution in [0.3, 0.4) is 0 Å². The normalized spacial score (nSPS) is 11.0. The molecule has 0 heterocycles. The number of carbonyl (C=O) groups excluding carboxylic acids is 2. The first kappa shape index (κ1) is 23.7. The van der Waals surface area contributed by atoms with E-state index in [0.29, 0.717) is 42.2 Å². The number of nitriles is 1. The number of Topliss-reactive ketones (excluding diaryl/α,β-unsaturated/α-hetero) is 1. The fourth-order valence-corrected chi connectivity index (χ4v) is 3.07. The van der Waals surface area contributed by atoms with Crippen molar-refractivity contribution >= 4 is 23.5 Å². The van der Waals surface area contributed by atoms with Crippen LogP contribution in [-0.2, 0) is 9.59 Å². The Labute approximate surface area is 183 Å². The number of anilines is 1. The molecule has 0 spiro atoms. The van der Waals surface area contributed by atoms with Crippen molar-refractivity contribution in [3.63, 3.8) is 0 Å². The molecule has 0 aliphatic carbocycles. The second kappa shape index (κ2) is 12.2. The van der Waals surface area contributed by atoms with Crippen molar-refractivity contribution in [2.24, 2.45) is 5.92 Å². The Morgan fingerprint density at radius 1 is 1.03 bits per heavy atom. The lowest BCUT2D eigenvalue weighted by molar-refractivity contribution is -0.119. The summed E-state index contributed by atoms with van der Waals surface area (Å²) in [5, 5.41) is 12.2. The van der Waals surface area contributed by atoms with Gasteiger partial charge in [0.2, 0.25) is 0 Å². The average Bonchev–Trinajstić information content (AvgIpc) is 2.78. The van der Waals surface area contributed by atoms with Crippen LogP contribution in [0.1, 0.15) is 39.2 Å². The summed E-state index contributed by atoms with van der Waals surface area (Å²) in [7, 11) is 0. The van der Waals surface area contributed by atoms with Gasteiger partial charge in [0.05, 0.1) is 12.2 Å². The van der Waals surface area contributed by atoms with E-state index in [1.54, 1.807) is 36.4 Å². The van der Waals surface area contributed by atoms with Gasteiger partial charge in [-0.25, -0.2) is 0 Å². The summed E-state index contributed by atoms with van der Waals surface area (Å²) in [6, 6.07) is 16.2. The molecule has 2 aromatic carbocycles. The molecule has 6 nitrogen and oxygen atoms in total. The molecule has 0 aliphatic heterocycles. The highest BCUT2D eigenvalue weighted by atomic mass is 16.5. The van der Waals surface area contributed by atoms with Gasteiger partial charge < -0.3 is 14.8 Å². The molecular weight excluding hydrogens is 392 g/mol. The number of rotatable bonds is 11. The third-order valence-electron chi connectivity index (χ3n) is 4.74. The Hall–Kier alpha value is -3.59. The molecule has 0 radical (unpaired) electrons. The number of carbonyl (C=O) groups is 2. The van der Waals surface area contributed by atoms with Gasteiger partial charge in [-0.1, -0.05) is 38.1 Å². The van der Waals surface area contributed by atoms with E-state index in [1.165, 1.54) is 0 Å². The fourth-order valence-electron chi connectivity index (χ4n) is 3.07. The fraction of sp³-hybridized carbons (Fsp3) is 0.320. The molecule has 2 aromatic rings. The summed E-state index contributed by atoms with van der Waals surface area (Å²) in [5.74, 6) is 0.245. The maximum atomic E-state index is 12.6. The first-order valence-electron chi connectivity index (χ1n) is 10.4. The van der Waals surface area contributed by atoms with Gasteiger partial charge in [-0.2, -0.15) is 5.26 Å². The molecule has 0 saturated heterocycles. The predicted molar refractivity (Wildman–Crippen MR) is 121 cm³/mol. The van der Waals surface area contributed by atoms with Crippen LogP contribution < -0.4 is 14.8 Å². The number of allylic oxidation sites excluding steroid dienone is 1. The number of benzene rings is 2. The lowest BCUT2D eigenvalue weighted by Crippen LogP contribution is -2.20. The lowest BCUT2D eigenvalue weighted by Gasteiger charge is -2.13. The summed E-state index contributed by atoms with van der Waals surface area (Å²) < 4.78 is 11.3. The predicted octanol–water partition coefficient (Wildman–Crippen LogP) is 5.02. The zero-order valence-electron chi connectivity index (χ0n) is 18.2. The first-order valence-corrected chi connectivity index (χ1v) is 10.4. The van der Waals surface area contributed by atoms with E-state index in [4.69, 9.17) is 9.47 Å². The number of amides is 1. The highest BCUT2D eigenvalue weighted by molar-refractivity contribution is 6.04. The molecular formula is C25H28N2O4. The second-order valence-electron chi connectivity index (χ2n) is 6.89. The summed E-state index contributed by atoms with van der Waals surface area (Å²) in [6.07, 6.45) is 2.95. The van der Waals surface area contributed by atoms with Crippen molar-refractivity contribution in [2.75, 3.05) is 18.5 Å². The zero-order chi connectivity index (χ0) is 22.6. The van der Waals surface area contributed by atoms with E-state index in [0.717, 1.165) is 0 Å². The molecule has 1 N–H and O–H groups in total. The number of nitrogens with one attached hydrogen (secondary N) is 1. The molecule has 162 valence electrons. The summed E-state index contributed by atoms with van der Waals surface area (Å²) in [4.78, 5) is 24.7. The zero-order valence-corrected chi connectivity index (χ0v) is 18.2. The van der Waals surface area contributed by atoms with Crippen LogP contribution in [0.25, 0.3) is 6.08 Å². The molecule has 0 aromatic heterocycles. The summed E-state index contributed by atoms with van der Waals surface area (Å²) in [6.45, 7) is 5.94. The van der Waals surface area contributed by atoms with E-state index in [-0.39, 0.29) is 29.8 Å². The molecule has 0 bridgehead atoms. The van der Waals surface area contributed by atoms with Crippen molar-refractivity contribution in [1.82, 2.24) is 0 Å².